The fourth-order valence-electron chi connectivity index (χ4n) is 3.28. The average molecular weight is 313 g/mol. The maximum Gasteiger partial charge on any atom is 0.244 e. The van der Waals surface area contributed by atoms with Crippen molar-refractivity contribution >= 4 is 10.0 Å². The van der Waals surface area contributed by atoms with E-state index in [9.17, 15) is 8.42 Å². The van der Waals surface area contributed by atoms with Crippen LogP contribution >= 0.6 is 0 Å². The Labute approximate surface area is 125 Å². The normalized spacial score (nSPS) is 20.7. The second kappa shape index (κ2) is 5.07. The van der Waals surface area contributed by atoms with Crippen LogP contribution in [0.4, 0.5) is 0 Å². The summed E-state index contributed by atoms with van der Waals surface area (Å²) >= 11 is 0. The van der Waals surface area contributed by atoms with Crippen molar-refractivity contribution in [2.24, 2.45) is 11.3 Å². The number of aromatic nitrogens is 2. The van der Waals surface area contributed by atoms with Crippen LogP contribution in [0.15, 0.2) is 4.90 Å². The quantitative estimate of drug-likeness (QED) is 0.785. The monoisotopic (exact) mass is 313 g/mol. The molecule has 2 saturated carbocycles. The van der Waals surface area contributed by atoms with Crippen molar-refractivity contribution < 1.29 is 13.5 Å². The molecular formula is C14H23N3O3S. The van der Waals surface area contributed by atoms with Crippen molar-refractivity contribution in [2.45, 2.75) is 51.0 Å². The first-order chi connectivity index (χ1) is 9.89. The van der Waals surface area contributed by atoms with Gasteiger partial charge in [0.15, 0.2) is 0 Å². The number of aliphatic hydroxyl groups excluding tert-OH is 1. The van der Waals surface area contributed by atoms with E-state index in [1.807, 2.05) is 0 Å². The molecule has 6 nitrogen and oxygen atoms in total. The second-order valence-electron chi connectivity index (χ2n) is 6.41. The number of hydrogen-bond acceptors (Lipinski definition) is 4. The third kappa shape index (κ3) is 2.74. The molecule has 2 aliphatic rings. The SMILES string of the molecule is Cc1nn(CCO)c(C)c1S(=O)(=O)NCC1(C2CC2)CC1. The van der Waals surface area contributed by atoms with Gasteiger partial charge in [0.25, 0.3) is 0 Å². The molecule has 118 valence electrons. The molecular weight excluding hydrogens is 290 g/mol. The summed E-state index contributed by atoms with van der Waals surface area (Å²) in [5.41, 5.74) is 1.31. The Hall–Kier alpha value is -0.920. The molecule has 0 amide bonds. The molecule has 0 saturated heterocycles. The Kier molecular flexibility index (Phi) is 3.62. The van der Waals surface area contributed by atoms with E-state index >= 15 is 0 Å². The molecule has 0 aromatic carbocycles. The molecule has 1 heterocycles. The highest BCUT2D eigenvalue weighted by Gasteiger charge is 2.53. The second-order valence-corrected chi connectivity index (χ2v) is 8.11. The summed E-state index contributed by atoms with van der Waals surface area (Å²) in [5.74, 6) is 0.722. The van der Waals surface area contributed by atoms with Gasteiger partial charge in [-0.15, -0.1) is 0 Å². The first-order valence-electron chi connectivity index (χ1n) is 7.54. The lowest BCUT2D eigenvalue weighted by Gasteiger charge is -2.15. The Balaban J connectivity index is 1.78. The van der Waals surface area contributed by atoms with Crippen molar-refractivity contribution in [2.75, 3.05) is 13.2 Å². The number of sulfonamides is 1. The van der Waals surface area contributed by atoms with Crippen LogP contribution in [0.1, 0.15) is 37.1 Å². The lowest BCUT2D eigenvalue weighted by atomic mass is 10.0. The van der Waals surface area contributed by atoms with Crippen molar-refractivity contribution in [3.05, 3.63) is 11.4 Å². The van der Waals surface area contributed by atoms with E-state index in [1.165, 1.54) is 12.8 Å². The van der Waals surface area contributed by atoms with Crippen LogP contribution in [0, 0.1) is 25.2 Å². The molecule has 1 aromatic rings. The summed E-state index contributed by atoms with van der Waals surface area (Å²) in [6.07, 6.45) is 4.77. The minimum atomic E-state index is -3.53. The summed E-state index contributed by atoms with van der Waals surface area (Å²) in [7, 11) is -3.53. The lowest BCUT2D eigenvalue weighted by molar-refractivity contribution is 0.267. The summed E-state index contributed by atoms with van der Waals surface area (Å²) < 4.78 is 29.5. The van der Waals surface area contributed by atoms with Crippen LogP contribution in [-0.4, -0.2) is 36.5 Å². The molecule has 2 fully saturated rings. The van der Waals surface area contributed by atoms with Gasteiger partial charge < -0.3 is 5.11 Å². The van der Waals surface area contributed by atoms with Crippen molar-refractivity contribution in [3.63, 3.8) is 0 Å². The topological polar surface area (TPSA) is 84.2 Å². The highest BCUT2D eigenvalue weighted by atomic mass is 32.2. The Bertz CT molecular complexity index is 643. The van der Waals surface area contributed by atoms with Crippen LogP contribution in [0.5, 0.6) is 0 Å². The van der Waals surface area contributed by atoms with Gasteiger partial charge in [0.05, 0.1) is 24.5 Å². The van der Waals surface area contributed by atoms with Crippen LogP contribution in [0.3, 0.4) is 0 Å². The molecule has 7 heteroatoms. The van der Waals surface area contributed by atoms with Crippen LogP contribution in [-0.2, 0) is 16.6 Å². The zero-order chi connectivity index (χ0) is 15.3. The van der Waals surface area contributed by atoms with Gasteiger partial charge in [-0.3, -0.25) is 4.68 Å². The van der Waals surface area contributed by atoms with Crippen LogP contribution in [0.25, 0.3) is 0 Å². The predicted octanol–water partition coefficient (Wildman–Crippen LogP) is 0.961. The third-order valence-electron chi connectivity index (χ3n) is 4.85. The Morgan fingerprint density at radius 2 is 2.05 bits per heavy atom. The zero-order valence-corrected chi connectivity index (χ0v) is 13.4. The number of aliphatic hydroxyl groups is 1. The van der Waals surface area contributed by atoms with Gasteiger partial charge in [0, 0.05) is 6.54 Å². The molecule has 21 heavy (non-hydrogen) atoms. The van der Waals surface area contributed by atoms with Gasteiger partial charge in [-0.1, -0.05) is 0 Å². The van der Waals surface area contributed by atoms with E-state index in [1.54, 1.807) is 18.5 Å². The fraction of sp³-hybridized carbons (Fsp3) is 0.786. The van der Waals surface area contributed by atoms with Gasteiger partial charge in [-0.2, -0.15) is 5.10 Å². The summed E-state index contributed by atoms with van der Waals surface area (Å²) in [5, 5.41) is 13.2. The van der Waals surface area contributed by atoms with E-state index in [0.29, 0.717) is 24.5 Å². The van der Waals surface area contributed by atoms with Crippen molar-refractivity contribution in [3.8, 4) is 0 Å². The van der Waals surface area contributed by atoms with E-state index < -0.39 is 10.0 Å². The number of nitrogens with one attached hydrogen (secondary N) is 1. The van der Waals surface area contributed by atoms with Gasteiger partial charge in [-0.05, 0) is 50.9 Å². The fourth-order valence-corrected chi connectivity index (χ4v) is 4.82. The highest BCUT2D eigenvalue weighted by Crippen LogP contribution is 2.60. The van der Waals surface area contributed by atoms with E-state index in [2.05, 4.69) is 9.82 Å². The average Bonchev–Trinajstić information content (AvgIpc) is 3.28. The van der Waals surface area contributed by atoms with E-state index in [-0.39, 0.29) is 16.9 Å². The Morgan fingerprint density at radius 1 is 1.38 bits per heavy atom. The number of nitrogens with zero attached hydrogens (tertiary/aromatic N) is 2. The van der Waals surface area contributed by atoms with Gasteiger partial charge in [0.1, 0.15) is 4.90 Å². The summed E-state index contributed by atoms with van der Waals surface area (Å²) in [4.78, 5) is 0.266. The molecule has 3 rings (SSSR count). The van der Waals surface area contributed by atoms with Gasteiger partial charge in [-0.25, -0.2) is 13.1 Å². The van der Waals surface area contributed by atoms with Crippen LogP contribution in [0.2, 0.25) is 0 Å². The summed E-state index contributed by atoms with van der Waals surface area (Å²) in [6, 6.07) is 0. The first kappa shape index (κ1) is 15.0. The minimum absolute atomic E-state index is 0.0559. The van der Waals surface area contributed by atoms with Gasteiger partial charge in [0.2, 0.25) is 10.0 Å². The first-order valence-corrected chi connectivity index (χ1v) is 9.02. The standard InChI is InChI=1S/C14H23N3O3S/c1-10-13(11(2)17(16-10)7-8-18)21(19,20)15-9-14(5-6-14)12-3-4-12/h12,15,18H,3-9H2,1-2H3. The molecule has 0 spiro atoms. The number of hydrogen-bond donors (Lipinski definition) is 2. The molecule has 0 aliphatic heterocycles. The molecule has 2 N–H and O–H groups in total. The third-order valence-corrected chi connectivity index (χ3v) is 6.50. The molecule has 0 unspecified atom stereocenters. The lowest BCUT2D eigenvalue weighted by Crippen LogP contribution is -2.32. The summed E-state index contributed by atoms with van der Waals surface area (Å²) in [6.45, 7) is 4.24. The van der Waals surface area contributed by atoms with E-state index in [0.717, 1.165) is 18.8 Å². The maximum atomic E-state index is 12.6. The molecule has 0 bridgehead atoms. The highest BCUT2D eigenvalue weighted by molar-refractivity contribution is 7.89. The van der Waals surface area contributed by atoms with Gasteiger partial charge >= 0.3 is 0 Å². The molecule has 1 aromatic heterocycles. The van der Waals surface area contributed by atoms with Crippen molar-refractivity contribution in [1.29, 1.82) is 0 Å². The van der Waals surface area contributed by atoms with E-state index in [4.69, 9.17) is 5.11 Å². The molecule has 2 aliphatic carbocycles. The smallest absolute Gasteiger partial charge is 0.244 e. The molecule has 0 radical (unpaired) electrons. The maximum absolute atomic E-state index is 12.6. The minimum Gasteiger partial charge on any atom is -0.394 e. The number of aryl methyl sites for hydroxylation is 1. The zero-order valence-electron chi connectivity index (χ0n) is 12.6. The van der Waals surface area contributed by atoms with Crippen LogP contribution < -0.4 is 4.72 Å². The number of rotatable bonds is 7. The largest absolute Gasteiger partial charge is 0.394 e. The predicted molar refractivity (Wildman–Crippen MR) is 78.4 cm³/mol. The Morgan fingerprint density at radius 3 is 2.57 bits per heavy atom. The molecule has 0 atom stereocenters. The van der Waals surface area contributed by atoms with Crippen molar-refractivity contribution in [1.82, 2.24) is 14.5 Å².